The van der Waals surface area contributed by atoms with Crippen molar-refractivity contribution in [3.63, 3.8) is 0 Å². The lowest BCUT2D eigenvalue weighted by atomic mass is 9.76. The van der Waals surface area contributed by atoms with E-state index in [0.717, 1.165) is 24.5 Å². The molecular weight excluding hydrogens is 562 g/mol. The molecular formula is C37H43N5O3. The van der Waals surface area contributed by atoms with Crippen LogP contribution in [0.1, 0.15) is 102 Å². The van der Waals surface area contributed by atoms with Crippen LogP contribution in [0.5, 0.6) is 0 Å². The zero-order valence-corrected chi connectivity index (χ0v) is 26.2. The number of hydrogen-bond acceptors (Lipinski definition) is 8. The summed E-state index contributed by atoms with van der Waals surface area (Å²) in [5.41, 5.74) is 9.29. The molecule has 6 rings (SSSR count). The van der Waals surface area contributed by atoms with E-state index in [9.17, 15) is 9.59 Å². The molecule has 8 nitrogen and oxygen atoms in total. The Morgan fingerprint density at radius 1 is 0.667 bits per heavy atom. The van der Waals surface area contributed by atoms with E-state index in [4.69, 9.17) is 10.5 Å². The smallest absolute Gasteiger partial charge is 0.341 e. The molecule has 2 fully saturated rings. The summed E-state index contributed by atoms with van der Waals surface area (Å²) in [7, 11) is 0. The molecule has 234 valence electrons. The molecule has 2 aromatic heterocycles. The zero-order valence-electron chi connectivity index (χ0n) is 26.2. The number of rotatable bonds is 10. The van der Waals surface area contributed by atoms with Gasteiger partial charge < -0.3 is 10.5 Å². The van der Waals surface area contributed by atoms with Gasteiger partial charge in [0.05, 0.1) is 24.3 Å². The van der Waals surface area contributed by atoms with Gasteiger partial charge in [-0.05, 0) is 43.7 Å². The first-order chi connectivity index (χ1) is 22.0. The number of Topliss-reactive ketones (excluding diaryl/α,β-unsaturated/α-hetero) is 1. The van der Waals surface area contributed by atoms with Crippen LogP contribution in [-0.2, 0) is 28.4 Å². The minimum absolute atomic E-state index is 0.00331. The van der Waals surface area contributed by atoms with Gasteiger partial charge in [-0.25, -0.2) is 24.7 Å². The van der Waals surface area contributed by atoms with Crippen molar-refractivity contribution in [3.05, 3.63) is 119 Å². The second-order valence-corrected chi connectivity index (χ2v) is 12.2. The van der Waals surface area contributed by atoms with E-state index in [2.05, 4.69) is 80.6 Å². The molecule has 2 aromatic carbocycles. The second-order valence-electron chi connectivity index (χ2n) is 12.2. The molecule has 0 bridgehead atoms. The van der Waals surface area contributed by atoms with Crippen LogP contribution in [0.2, 0.25) is 0 Å². The third-order valence-corrected chi connectivity index (χ3v) is 9.32. The molecule has 0 unspecified atom stereocenters. The highest BCUT2D eigenvalue weighted by atomic mass is 16.5. The van der Waals surface area contributed by atoms with Gasteiger partial charge in [-0.1, -0.05) is 86.3 Å². The van der Waals surface area contributed by atoms with E-state index in [-0.39, 0.29) is 29.1 Å². The van der Waals surface area contributed by atoms with Gasteiger partial charge >= 0.3 is 5.97 Å². The normalized spacial score (nSPS) is 16.4. The third kappa shape index (κ3) is 7.87. The number of aromatic nitrogens is 4. The minimum atomic E-state index is -0.363. The van der Waals surface area contributed by atoms with Crippen molar-refractivity contribution in [2.24, 2.45) is 5.73 Å². The van der Waals surface area contributed by atoms with Crippen LogP contribution in [0, 0.1) is 0 Å². The predicted octanol–water partition coefficient (Wildman–Crippen LogP) is 6.38. The number of esters is 1. The summed E-state index contributed by atoms with van der Waals surface area (Å²) < 4.78 is 4.97. The van der Waals surface area contributed by atoms with E-state index in [0.29, 0.717) is 17.7 Å². The number of benzene rings is 2. The van der Waals surface area contributed by atoms with Crippen LogP contribution in [0.4, 0.5) is 0 Å². The molecule has 0 spiro atoms. The van der Waals surface area contributed by atoms with Crippen molar-refractivity contribution in [1.82, 2.24) is 19.9 Å². The quantitative estimate of drug-likeness (QED) is 0.163. The van der Waals surface area contributed by atoms with Gasteiger partial charge in [0.15, 0.2) is 5.78 Å². The highest BCUT2D eigenvalue weighted by Crippen LogP contribution is 2.44. The summed E-state index contributed by atoms with van der Waals surface area (Å²) >= 11 is 0. The molecule has 2 N–H and O–H groups in total. The van der Waals surface area contributed by atoms with E-state index in [1.807, 2.05) is 0 Å². The molecule has 0 radical (unpaired) electrons. The molecule has 2 aliphatic carbocycles. The van der Waals surface area contributed by atoms with E-state index >= 15 is 0 Å². The maximum absolute atomic E-state index is 11.7. The van der Waals surface area contributed by atoms with Crippen LogP contribution in [0.15, 0.2) is 85.5 Å². The second kappa shape index (κ2) is 15.1. The average Bonchev–Trinajstić information content (AvgIpc) is 3.78. The average molecular weight is 606 g/mol. The van der Waals surface area contributed by atoms with Crippen molar-refractivity contribution >= 4 is 11.8 Å². The molecule has 0 saturated heterocycles. The maximum Gasteiger partial charge on any atom is 0.341 e. The molecule has 4 aromatic rings. The van der Waals surface area contributed by atoms with E-state index in [1.54, 1.807) is 31.7 Å². The van der Waals surface area contributed by atoms with Gasteiger partial charge in [0.1, 0.15) is 11.6 Å². The molecule has 2 saturated carbocycles. The molecule has 2 heterocycles. The molecule has 2 aliphatic rings. The highest BCUT2D eigenvalue weighted by molar-refractivity contribution is 5.96. The predicted molar refractivity (Wildman–Crippen MR) is 174 cm³/mol. The fourth-order valence-electron chi connectivity index (χ4n) is 6.90. The Hall–Kier alpha value is -4.30. The largest absolute Gasteiger partial charge is 0.462 e. The molecule has 0 atom stereocenters. The van der Waals surface area contributed by atoms with E-state index < -0.39 is 0 Å². The van der Waals surface area contributed by atoms with Crippen molar-refractivity contribution in [1.29, 1.82) is 0 Å². The molecule has 8 heteroatoms. The Morgan fingerprint density at radius 2 is 1.07 bits per heavy atom. The van der Waals surface area contributed by atoms with Gasteiger partial charge in [-0.3, -0.25) is 4.79 Å². The zero-order chi connectivity index (χ0) is 31.5. The lowest BCUT2D eigenvalue weighted by molar-refractivity contribution is 0.0525. The SMILES string of the molecule is CCOC(=O)c1cnc(CC2(c3ccccc3)CCCC2)nc1.NCC(=O)c1cnc(CC2(c3ccccc3)CCCC2)nc1. The lowest BCUT2D eigenvalue weighted by Crippen LogP contribution is -2.26. The number of ketones is 1. The Morgan fingerprint density at radius 3 is 1.44 bits per heavy atom. The van der Waals surface area contributed by atoms with Crippen LogP contribution >= 0.6 is 0 Å². The van der Waals surface area contributed by atoms with Crippen molar-refractivity contribution in [2.75, 3.05) is 13.2 Å². The van der Waals surface area contributed by atoms with Crippen molar-refractivity contribution in [3.8, 4) is 0 Å². The first-order valence-corrected chi connectivity index (χ1v) is 16.1. The third-order valence-electron chi connectivity index (χ3n) is 9.32. The molecule has 45 heavy (non-hydrogen) atoms. The standard InChI is InChI=1S/C19H22N2O2.C18H21N3O/c1-2-23-18(22)15-13-20-17(21-14-15)12-19(10-6-7-11-19)16-8-4-3-5-9-16;19-11-16(22)14-12-20-17(21-13-14)10-18(8-4-5-9-18)15-6-2-1-3-7-15/h3-5,8-9,13-14H,2,6-7,10-12H2,1H3;1-3,6-7,12-13H,4-5,8-11,19H2. The van der Waals surface area contributed by atoms with Gasteiger partial charge in [0, 0.05) is 48.5 Å². The van der Waals surface area contributed by atoms with Crippen LogP contribution < -0.4 is 5.73 Å². The fraction of sp³-hybridized carbons (Fsp3) is 0.405. The number of carbonyl (C=O) groups excluding carboxylic acids is 2. The van der Waals surface area contributed by atoms with Crippen molar-refractivity contribution < 1.29 is 14.3 Å². The van der Waals surface area contributed by atoms with Gasteiger partial charge in [-0.2, -0.15) is 0 Å². The summed E-state index contributed by atoms with van der Waals surface area (Å²) in [6.07, 6.45) is 17.7. The number of nitrogens with zero attached hydrogens (tertiary/aromatic N) is 4. The first kappa shape index (κ1) is 32.1. The van der Waals surface area contributed by atoms with Crippen LogP contribution in [0.25, 0.3) is 0 Å². The van der Waals surface area contributed by atoms with Crippen LogP contribution in [-0.4, -0.2) is 44.8 Å². The first-order valence-electron chi connectivity index (χ1n) is 16.1. The van der Waals surface area contributed by atoms with Crippen molar-refractivity contribution in [2.45, 2.75) is 82.0 Å². The summed E-state index contributed by atoms with van der Waals surface area (Å²) in [4.78, 5) is 40.8. The monoisotopic (exact) mass is 605 g/mol. The van der Waals surface area contributed by atoms with Gasteiger partial charge in [-0.15, -0.1) is 0 Å². The summed E-state index contributed by atoms with van der Waals surface area (Å²) in [5, 5.41) is 0. The number of hydrogen-bond donors (Lipinski definition) is 1. The summed E-state index contributed by atoms with van der Waals surface area (Å²) in [6, 6.07) is 21.3. The van der Waals surface area contributed by atoms with Gasteiger partial charge in [0.2, 0.25) is 0 Å². The summed E-state index contributed by atoms with van der Waals surface area (Å²) in [6.45, 7) is 2.14. The highest BCUT2D eigenvalue weighted by Gasteiger charge is 2.37. The number of carbonyl (C=O) groups is 2. The van der Waals surface area contributed by atoms with E-state index in [1.165, 1.54) is 62.5 Å². The van der Waals surface area contributed by atoms with Crippen LogP contribution in [0.3, 0.4) is 0 Å². The molecule has 0 amide bonds. The molecule has 0 aliphatic heterocycles. The fourth-order valence-corrected chi connectivity index (χ4v) is 6.90. The number of nitrogens with two attached hydrogens (primary N) is 1. The Balaban J connectivity index is 0.000000178. The number of ether oxygens (including phenoxy) is 1. The Bertz CT molecular complexity index is 1510. The Labute approximate surface area is 265 Å². The lowest BCUT2D eigenvalue weighted by Gasteiger charge is -2.29. The minimum Gasteiger partial charge on any atom is -0.462 e. The summed E-state index contributed by atoms with van der Waals surface area (Å²) in [5.74, 6) is 1.12. The maximum atomic E-state index is 11.7. The Kier molecular flexibility index (Phi) is 10.8. The van der Waals surface area contributed by atoms with Gasteiger partial charge in [0.25, 0.3) is 0 Å². The topological polar surface area (TPSA) is 121 Å².